The molecule has 0 unspecified atom stereocenters. The number of carbonyl (C=O) groups excluding carboxylic acids is 1. The third-order valence-corrected chi connectivity index (χ3v) is 4.28. The molecule has 2 aromatic rings. The molecule has 0 saturated heterocycles. The van der Waals surface area contributed by atoms with E-state index in [0.717, 1.165) is 28.9 Å². The van der Waals surface area contributed by atoms with Gasteiger partial charge in [-0.05, 0) is 68.1 Å². The summed E-state index contributed by atoms with van der Waals surface area (Å²) in [5.41, 5.74) is 3.94. The summed E-state index contributed by atoms with van der Waals surface area (Å²) in [5.74, 6) is 0.892. The second-order valence-corrected chi connectivity index (χ2v) is 5.56. The molecule has 0 aliphatic carbocycles. The van der Waals surface area contributed by atoms with Gasteiger partial charge in [0.05, 0.1) is 7.11 Å². The first-order chi connectivity index (χ1) is 11.1. The fraction of sp³-hybridized carbons (Fsp3) is 0.368. The first-order valence-electron chi connectivity index (χ1n) is 7.90. The molecule has 0 fully saturated rings. The van der Waals surface area contributed by atoms with Gasteiger partial charge >= 0.3 is 0 Å². The van der Waals surface area contributed by atoms with Crippen LogP contribution in [-0.4, -0.2) is 36.0 Å². The van der Waals surface area contributed by atoms with Gasteiger partial charge in [-0.15, -0.1) is 0 Å². The third kappa shape index (κ3) is 3.89. The monoisotopic (exact) mass is 312 g/mol. The highest BCUT2D eigenvalue weighted by molar-refractivity contribution is 5.96. The molecule has 0 radical (unpaired) electrons. The Morgan fingerprint density at radius 2 is 1.83 bits per heavy atom. The van der Waals surface area contributed by atoms with E-state index >= 15 is 0 Å². The first kappa shape index (κ1) is 17.0. The minimum atomic E-state index is 0.0739. The van der Waals surface area contributed by atoms with Crippen LogP contribution < -0.4 is 4.74 Å². The summed E-state index contributed by atoms with van der Waals surface area (Å²) < 4.78 is 5.32. The summed E-state index contributed by atoms with van der Waals surface area (Å²) in [5, 5.41) is 0. The van der Waals surface area contributed by atoms with E-state index in [9.17, 15) is 4.79 Å². The molecule has 2 rings (SSSR count). The van der Waals surface area contributed by atoms with Crippen molar-refractivity contribution in [2.24, 2.45) is 0 Å². The lowest BCUT2D eigenvalue weighted by molar-refractivity contribution is 0.0765. The molecule has 0 spiro atoms. The molecular weight excluding hydrogens is 288 g/mol. The first-order valence-corrected chi connectivity index (χ1v) is 7.90. The fourth-order valence-corrected chi connectivity index (χ4v) is 2.64. The summed E-state index contributed by atoms with van der Waals surface area (Å²) >= 11 is 0. The number of pyridine rings is 1. The minimum absolute atomic E-state index is 0.0739. The quantitative estimate of drug-likeness (QED) is 0.821. The maximum Gasteiger partial charge on any atom is 0.254 e. The molecule has 1 aromatic heterocycles. The van der Waals surface area contributed by atoms with Crippen LogP contribution >= 0.6 is 0 Å². The summed E-state index contributed by atoms with van der Waals surface area (Å²) in [7, 11) is 1.65. The van der Waals surface area contributed by atoms with Gasteiger partial charge < -0.3 is 9.64 Å². The van der Waals surface area contributed by atoms with E-state index in [1.807, 2.05) is 49.9 Å². The van der Waals surface area contributed by atoms with E-state index in [4.69, 9.17) is 4.74 Å². The molecule has 122 valence electrons. The van der Waals surface area contributed by atoms with E-state index in [1.54, 1.807) is 19.5 Å². The molecule has 0 saturated carbocycles. The van der Waals surface area contributed by atoms with Crippen LogP contribution in [0, 0.1) is 13.8 Å². The lowest BCUT2D eigenvalue weighted by Crippen LogP contribution is -2.33. The highest BCUT2D eigenvalue weighted by Gasteiger charge is 2.18. The predicted molar refractivity (Wildman–Crippen MR) is 92.0 cm³/mol. The van der Waals surface area contributed by atoms with Crippen molar-refractivity contribution >= 4 is 5.91 Å². The molecule has 1 amide bonds. The number of likely N-dealkylation sites (N-methyl/N-ethyl adjacent to an activating group) is 1. The van der Waals surface area contributed by atoms with Crippen LogP contribution in [0.5, 0.6) is 5.75 Å². The number of hydrogen-bond donors (Lipinski definition) is 0. The zero-order chi connectivity index (χ0) is 16.8. The van der Waals surface area contributed by atoms with Crippen LogP contribution in [0.15, 0.2) is 36.7 Å². The van der Waals surface area contributed by atoms with Gasteiger partial charge in [-0.2, -0.15) is 0 Å². The Balaban J connectivity index is 2.15. The number of carbonyl (C=O) groups is 1. The van der Waals surface area contributed by atoms with Crippen LogP contribution in [0.2, 0.25) is 0 Å². The fourth-order valence-electron chi connectivity index (χ4n) is 2.64. The number of amides is 1. The van der Waals surface area contributed by atoms with Gasteiger partial charge in [-0.1, -0.05) is 0 Å². The molecule has 1 aromatic carbocycles. The van der Waals surface area contributed by atoms with Crippen LogP contribution in [0.25, 0.3) is 0 Å². The largest absolute Gasteiger partial charge is 0.496 e. The van der Waals surface area contributed by atoms with Gasteiger partial charge in [0.1, 0.15) is 5.75 Å². The Morgan fingerprint density at radius 3 is 2.43 bits per heavy atom. The molecular formula is C19H24N2O2. The zero-order valence-electron chi connectivity index (χ0n) is 14.3. The number of nitrogens with zero attached hydrogens (tertiary/aromatic N) is 2. The van der Waals surface area contributed by atoms with Gasteiger partial charge in [0, 0.05) is 31.0 Å². The maximum atomic E-state index is 12.8. The van der Waals surface area contributed by atoms with Crippen molar-refractivity contribution < 1.29 is 9.53 Å². The minimum Gasteiger partial charge on any atom is -0.496 e. The van der Waals surface area contributed by atoms with E-state index in [-0.39, 0.29) is 5.91 Å². The summed E-state index contributed by atoms with van der Waals surface area (Å²) in [6.45, 7) is 7.36. The molecule has 0 aliphatic heterocycles. The van der Waals surface area contributed by atoms with Crippen LogP contribution in [0.3, 0.4) is 0 Å². The van der Waals surface area contributed by atoms with Crippen LogP contribution in [0.1, 0.15) is 34.0 Å². The molecule has 0 atom stereocenters. The van der Waals surface area contributed by atoms with E-state index in [2.05, 4.69) is 4.98 Å². The Hall–Kier alpha value is -2.36. The van der Waals surface area contributed by atoms with Gasteiger partial charge in [-0.25, -0.2) is 0 Å². The Kier molecular flexibility index (Phi) is 5.74. The number of aromatic nitrogens is 1. The molecule has 23 heavy (non-hydrogen) atoms. The van der Waals surface area contributed by atoms with E-state index < -0.39 is 0 Å². The molecule has 4 heteroatoms. The van der Waals surface area contributed by atoms with Crippen LogP contribution in [0.4, 0.5) is 0 Å². The van der Waals surface area contributed by atoms with Gasteiger partial charge in [0.2, 0.25) is 0 Å². The summed E-state index contributed by atoms with van der Waals surface area (Å²) in [6, 6.07) is 7.70. The van der Waals surface area contributed by atoms with Crippen molar-refractivity contribution in [1.82, 2.24) is 9.88 Å². The Morgan fingerprint density at radius 1 is 1.13 bits per heavy atom. The number of ether oxygens (including phenoxy) is 1. The normalized spacial score (nSPS) is 10.4. The van der Waals surface area contributed by atoms with Crippen LogP contribution in [-0.2, 0) is 6.42 Å². The standard InChI is InChI=1S/C19H24N2O2/c1-5-21(13-10-16-8-11-20-12-9-16)19(22)17-6-7-18(23-4)15(3)14(17)2/h6-9,11-12H,5,10,13H2,1-4H3. The van der Waals surface area contributed by atoms with Crippen molar-refractivity contribution in [3.05, 3.63) is 58.9 Å². The number of methoxy groups -OCH3 is 1. The van der Waals surface area contributed by atoms with Crippen molar-refractivity contribution in [3.8, 4) is 5.75 Å². The maximum absolute atomic E-state index is 12.8. The number of benzene rings is 1. The molecule has 0 N–H and O–H groups in total. The smallest absolute Gasteiger partial charge is 0.254 e. The third-order valence-electron chi connectivity index (χ3n) is 4.28. The average Bonchev–Trinajstić information content (AvgIpc) is 2.58. The lowest BCUT2D eigenvalue weighted by Gasteiger charge is -2.23. The van der Waals surface area contributed by atoms with Gasteiger partial charge in [-0.3, -0.25) is 9.78 Å². The highest BCUT2D eigenvalue weighted by atomic mass is 16.5. The molecule has 4 nitrogen and oxygen atoms in total. The summed E-state index contributed by atoms with van der Waals surface area (Å²) in [6.07, 6.45) is 4.39. The lowest BCUT2D eigenvalue weighted by atomic mass is 10.0. The zero-order valence-corrected chi connectivity index (χ0v) is 14.3. The Labute approximate surface area is 138 Å². The predicted octanol–water partition coefficient (Wildman–Crippen LogP) is 3.41. The second-order valence-electron chi connectivity index (χ2n) is 5.56. The highest BCUT2D eigenvalue weighted by Crippen LogP contribution is 2.24. The molecule has 0 aliphatic rings. The molecule has 0 bridgehead atoms. The van der Waals surface area contributed by atoms with Crippen molar-refractivity contribution in [2.75, 3.05) is 20.2 Å². The van der Waals surface area contributed by atoms with Crippen molar-refractivity contribution in [2.45, 2.75) is 27.2 Å². The van der Waals surface area contributed by atoms with Crippen molar-refractivity contribution in [3.63, 3.8) is 0 Å². The van der Waals surface area contributed by atoms with Crippen molar-refractivity contribution in [1.29, 1.82) is 0 Å². The number of hydrogen-bond acceptors (Lipinski definition) is 3. The summed E-state index contributed by atoms with van der Waals surface area (Å²) in [4.78, 5) is 18.7. The van der Waals surface area contributed by atoms with Gasteiger partial charge in [0.15, 0.2) is 0 Å². The SMILES string of the molecule is CCN(CCc1ccncc1)C(=O)c1ccc(OC)c(C)c1C. The van der Waals surface area contributed by atoms with Gasteiger partial charge in [0.25, 0.3) is 5.91 Å². The second kappa shape index (κ2) is 7.77. The van der Waals surface area contributed by atoms with E-state index in [0.29, 0.717) is 13.1 Å². The van der Waals surface area contributed by atoms with E-state index in [1.165, 1.54) is 5.56 Å². The molecule has 1 heterocycles. The number of rotatable bonds is 6. The Bertz CT molecular complexity index is 669. The topological polar surface area (TPSA) is 42.4 Å². The average molecular weight is 312 g/mol.